The molecule has 2 aromatic carbocycles. The Labute approximate surface area is 155 Å². The van der Waals surface area contributed by atoms with Gasteiger partial charge in [-0.25, -0.2) is 0 Å². The van der Waals surface area contributed by atoms with E-state index in [1.54, 1.807) is 0 Å². The molecular weight excluding hydrogens is 348 g/mol. The lowest BCUT2D eigenvalue weighted by atomic mass is 9.72. The molecule has 6 heteroatoms. The van der Waals surface area contributed by atoms with Crippen LogP contribution in [0.15, 0.2) is 48.5 Å². The van der Waals surface area contributed by atoms with Gasteiger partial charge < -0.3 is 9.45 Å². The quantitative estimate of drug-likeness (QED) is 0.764. The van der Waals surface area contributed by atoms with Crippen LogP contribution < -0.4 is 4.31 Å². The molecule has 26 heavy (non-hydrogen) atoms. The van der Waals surface area contributed by atoms with Crippen molar-refractivity contribution in [2.24, 2.45) is 5.41 Å². The number of amides is 1. The van der Waals surface area contributed by atoms with Crippen LogP contribution in [0.3, 0.4) is 0 Å². The van der Waals surface area contributed by atoms with Gasteiger partial charge >= 0.3 is 0 Å². The number of carbonyl (C=O) groups is 1. The molecule has 1 saturated heterocycles. The summed E-state index contributed by atoms with van der Waals surface area (Å²) in [5, 5.41) is 0. The van der Waals surface area contributed by atoms with Gasteiger partial charge in [-0.3, -0.25) is 4.79 Å². The van der Waals surface area contributed by atoms with Gasteiger partial charge in [-0.2, -0.15) is 4.31 Å². The first-order valence-electron chi connectivity index (χ1n) is 8.70. The molecule has 0 aliphatic carbocycles. The second-order valence-electron chi connectivity index (χ2n) is 7.55. The van der Waals surface area contributed by atoms with Crippen molar-refractivity contribution in [2.45, 2.75) is 13.3 Å². The minimum absolute atomic E-state index is 0.0264. The summed E-state index contributed by atoms with van der Waals surface area (Å²) in [5.74, 6) is 0.0264. The first-order chi connectivity index (χ1) is 12.3. The van der Waals surface area contributed by atoms with Crippen LogP contribution in [0.4, 0.5) is 5.69 Å². The molecule has 0 aromatic heterocycles. The summed E-state index contributed by atoms with van der Waals surface area (Å²) in [7, 11) is -3.35. The fourth-order valence-corrected chi connectivity index (χ4v) is 5.20. The Kier molecular flexibility index (Phi) is 3.93. The molecular formula is C20H22N2O3S. The lowest BCUT2D eigenvalue weighted by Gasteiger charge is -2.54. The molecule has 0 radical (unpaired) electrons. The first-order valence-corrected chi connectivity index (χ1v) is 10.5. The highest BCUT2D eigenvalue weighted by Crippen LogP contribution is 2.44. The van der Waals surface area contributed by atoms with Crippen molar-refractivity contribution in [1.82, 2.24) is 4.90 Å². The van der Waals surface area contributed by atoms with Crippen molar-refractivity contribution in [3.8, 4) is 0 Å². The smallest absolute Gasteiger partial charge is 0.254 e. The van der Waals surface area contributed by atoms with Gasteiger partial charge in [0.05, 0.1) is 12.2 Å². The Morgan fingerprint density at radius 3 is 2.42 bits per heavy atom. The maximum Gasteiger partial charge on any atom is 0.254 e. The summed E-state index contributed by atoms with van der Waals surface area (Å²) < 4.78 is 26.1. The van der Waals surface area contributed by atoms with Crippen molar-refractivity contribution >= 4 is 22.0 Å². The van der Waals surface area contributed by atoms with Gasteiger partial charge in [0.2, 0.25) is 0 Å². The van der Waals surface area contributed by atoms with Crippen molar-refractivity contribution in [3.05, 3.63) is 65.2 Å². The Balaban J connectivity index is 1.58. The average Bonchev–Trinajstić information content (AvgIpc) is 2.57. The van der Waals surface area contributed by atoms with E-state index in [-0.39, 0.29) is 11.3 Å². The maximum absolute atomic E-state index is 12.8. The molecule has 1 amide bonds. The minimum Gasteiger partial charge on any atom is -0.593 e. The Morgan fingerprint density at radius 1 is 1.08 bits per heavy atom. The lowest BCUT2D eigenvalue weighted by Crippen LogP contribution is -2.66. The van der Waals surface area contributed by atoms with Crippen molar-refractivity contribution in [2.75, 3.05) is 30.2 Å². The molecule has 0 bridgehead atoms. The fraction of sp³-hybridized carbons (Fsp3) is 0.350. The van der Waals surface area contributed by atoms with Gasteiger partial charge in [-0.15, -0.1) is 0 Å². The fourth-order valence-electron chi connectivity index (χ4n) is 4.15. The SMILES string of the molecule is Cc1ccccc1C(=O)N1CC2(Cc3ccccc3N([S+](C)(=O)[O-])C2)C1. The minimum atomic E-state index is -3.35. The molecule has 0 saturated carbocycles. The number of carbonyl (C=O) groups excluding carboxylic acids is 1. The van der Waals surface area contributed by atoms with Gasteiger partial charge in [0, 0.05) is 24.1 Å². The van der Waals surface area contributed by atoms with E-state index in [2.05, 4.69) is 0 Å². The van der Waals surface area contributed by atoms with Crippen molar-refractivity contribution in [1.29, 1.82) is 0 Å². The van der Waals surface area contributed by atoms with Crippen LogP contribution >= 0.6 is 0 Å². The number of sulfonamides is 1. The Morgan fingerprint density at radius 2 is 1.73 bits per heavy atom. The van der Waals surface area contributed by atoms with Crippen LogP contribution in [0.2, 0.25) is 0 Å². The largest absolute Gasteiger partial charge is 0.593 e. The highest BCUT2D eigenvalue weighted by molar-refractivity contribution is 7.98. The van der Waals surface area contributed by atoms with E-state index in [0.29, 0.717) is 19.6 Å². The second kappa shape index (κ2) is 5.93. The van der Waals surface area contributed by atoms with Gasteiger partial charge in [0.25, 0.3) is 5.91 Å². The number of aryl methyl sites for hydroxylation is 1. The van der Waals surface area contributed by atoms with Crippen LogP contribution in [0.5, 0.6) is 0 Å². The van der Waals surface area contributed by atoms with Crippen molar-refractivity contribution < 1.29 is 13.6 Å². The summed E-state index contributed by atoms with van der Waals surface area (Å²) >= 11 is 0. The Hall–Kier alpha value is -2.18. The zero-order valence-corrected chi connectivity index (χ0v) is 15.8. The number of anilines is 1. The van der Waals surface area contributed by atoms with E-state index < -0.39 is 10.4 Å². The second-order valence-corrected chi connectivity index (χ2v) is 9.46. The number of likely N-dealkylation sites (tertiary alicyclic amines) is 1. The van der Waals surface area contributed by atoms with Crippen LogP contribution in [-0.2, 0) is 21.0 Å². The third-order valence-corrected chi connectivity index (χ3v) is 6.55. The van der Waals surface area contributed by atoms with Gasteiger partial charge in [-0.1, -0.05) is 40.6 Å². The normalized spacial score (nSPS) is 20.3. The summed E-state index contributed by atoms with van der Waals surface area (Å²) in [5.41, 5.74) is 3.29. The highest BCUT2D eigenvalue weighted by Gasteiger charge is 2.51. The third-order valence-electron chi connectivity index (χ3n) is 5.42. The van der Waals surface area contributed by atoms with Crippen LogP contribution in [0.1, 0.15) is 21.5 Å². The van der Waals surface area contributed by atoms with E-state index >= 15 is 0 Å². The number of nitrogens with zero attached hydrogens (tertiary/aromatic N) is 2. The topological polar surface area (TPSA) is 63.7 Å². The summed E-state index contributed by atoms with van der Waals surface area (Å²) in [4.78, 5) is 14.6. The predicted molar refractivity (Wildman–Crippen MR) is 102 cm³/mol. The summed E-state index contributed by atoms with van der Waals surface area (Å²) in [6, 6.07) is 15.2. The van der Waals surface area contributed by atoms with Crippen molar-refractivity contribution in [3.63, 3.8) is 0 Å². The molecule has 2 aliphatic heterocycles. The number of hydrogen-bond donors (Lipinski definition) is 0. The zero-order chi connectivity index (χ0) is 18.5. The molecule has 5 nitrogen and oxygen atoms in total. The summed E-state index contributed by atoms with van der Waals surface area (Å²) in [6.07, 6.45) is 2.05. The van der Waals surface area contributed by atoms with Gasteiger partial charge in [0.15, 0.2) is 0 Å². The van der Waals surface area contributed by atoms with E-state index in [1.807, 2.05) is 60.4 Å². The van der Waals surface area contributed by atoms with Gasteiger partial charge in [0.1, 0.15) is 16.7 Å². The first kappa shape index (κ1) is 17.2. The summed E-state index contributed by atoms with van der Waals surface area (Å²) in [6.45, 7) is 3.53. The molecule has 1 unspecified atom stereocenters. The molecule has 4 rings (SSSR count). The van der Waals surface area contributed by atoms with E-state index in [9.17, 15) is 13.6 Å². The number of benzene rings is 2. The van der Waals surface area contributed by atoms with Crippen LogP contribution in [0, 0.1) is 12.3 Å². The number of para-hydroxylation sites is 1. The number of fused-ring (bicyclic) bond motifs is 1. The van der Waals surface area contributed by atoms with E-state index in [4.69, 9.17) is 0 Å². The standard InChI is InChI=1S/C20H22N2O3S/c1-15-7-3-5-9-17(15)19(23)21-12-20(13-21)11-16-8-4-6-10-18(16)22(14-20)26(2,24)25/h3-10H,11-14H2,1-2H3. The molecule has 0 N–H and O–H groups in total. The highest BCUT2D eigenvalue weighted by atomic mass is 32.3. The number of rotatable bonds is 2. The van der Waals surface area contributed by atoms with Crippen LogP contribution in [0.25, 0.3) is 0 Å². The lowest BCUT2D eigenvalue weighted by molar-refractivity contribution is 0.00904. The predicted octanol–water partition coefficient (Wildman–Crippen LogP) is 2.67. The van der Waals surface area contributed by atoms with Gasteiger partial charge in [-0.05, 0) is 36.6 Å². The molecule has 2 aliphatic rings. The zero-order valence-electron chi connectivity index (χ0n) is 15.0. The van der Waals surface area contributed by atoms with E-state index in [1.165, 1.54) is 10.6 Å². The third kappa shape index (κ3) is 2.83. The monoisotopic (exact) mass is 370 g/mol. The molecule has 1 spiro atoms. The Bertz CT molecular complexity index is 915. The molecule has 1 fully saturated rings. The molecule has 136 valence electrons. The average molecular weight is 370 g/mol. The molecule has 1 atom stereocenters. The number of hydrogen-bond acceptors (Lipinski definition) is 3. The maximum atomic E-state index is 12.8. The molecule has 2 aromatic rings. The van der Waals surface area contributed by atoms with E-state index in [0.717, 1.165) is 28.8 Å². The van der Waals surface area contributed by atoms with Crippen LogP contribution in [-0.4, -0.2) is 41.2 Å². The molecule has 2 heterocycles.